The van der Waals surface area contributed by atoms with E-state index in [0.717, 1.165) is 17.5 Å². The predicted octanol–water partition coefficient (Wildman–Crippen LogP) is 2.87. The van der Waals surface area contributed by atoms with Gasteiger partial charge in [-0.1, -0.05) is 17.7 Å². The summed E-state index contributed by atoms with van der Waals surface area (Å²) in [6.07, 6.45) is 2.42. The van der Waals surface area contributed by atoms with Crippen LogP contribution in [0.1, 0.15) is 21.5 Å². The molecule has 5 rings (SSSR count). The number of amides is 2. The molecular formula is C22H22N4O2S. The average molecular weight is 407 g/mol. The third kappa shape index (κ3) is 3.40. The first kappa shape index (κ1) is 18.2. The highest BCUT2D eigenvalue weighted by molar-refractivity contribution is 8.01. The molecule has 1 N–H and O–H groups in total. The Bertz CT molecular complexity index is 1100. The fraction of sp³-hybridized carbons (Fsp3) is 0.318. The van der Waals surface area contributed by atoms with Gasteiger partial charge in [0.25, 0.3) is 5.91 Å². The van der Waals surface area contributed by atoms with Crippen molar-refractivity contribution >= 4 is 34.6 Å². The maximum absolute atomic E-state index is 13.0. The van der Waals surface area contributed by atoms with Gasteiger partial charge in [0.15, 0.2) is 0 Å². The highest BCUT2D eigenvalue weighted by Gasteiger charge is 2.33. The van der Waals surface area contributed by atoms with Crippen LogP contribution in [0, 0.1) is 6.92 Å². The van der Waals surface area contributed by atoms with E-state index < -0.39 is 0 Å². The van der Waals surface area contributed by atoms with Crippen molar-refractivity contribution in [2.24, 2.45) is 0 Å². The van der Waals surface area contributed by atoms with E-state index in [1.807, 2.05) is 28.0 Å². The first-order valence-corrected chi connectivity index (χ1v) is 10.7. The standard InChI is InChI=1S/C22H22N4O2S/c1-14-2-5-19-16(10-14)12-20(29-19)22(28)26-8-6-25(7-9-26)21(27)15-3-4-17-18(11-15)24-13-23-17/h2-5,10-11,13,20H,6-9,12H2,1H3,(H,23,24). The Morgan fingerprint density at radius 1 is 1.07 bits per heavy atom. The minimum absolute atomic E-state index is 0.00622. The number of fused-ring (bicyclic) bond motifs is 2. The van der Waals surface area contributed by atoms with Gasteiger partial charge in [0.1, 0.15) is 0 Å². The Morgan fingerprint density at radius 3 is 2.69 bits per heavy atom. The minimum Gasteiger partial charge on any atom is -0.345 e. The number of hydrogen-bond acceptors (Lipinski definition) is 4. The highest BCUT2D eigenvalue weighted by Crippen LogP contribution is 2.38. The molecule has 1 saturated heterocycles. The third-order valence-corrected chi connectivity index (χ3v) is 7.02. The lowest BCUT2D eigenvalue weighted by Gasteiger charge is -2.35. The summed E-state index contributed by atoms with van der Waals surface area (Å²) in [5, 5.41) is -0.0446. The molecule has 3 heterocycles. The predicted molar refractivity (Wildman–Crippen MR) is 113 cm³/mol. The van der Waals surface area contributed by atoms with Crippen LogP contribution in [0.2, 0.25) is 0 Å². The number of thioether (sulfide) groups is 1. The number of aromatic nitrogens is 2. The summed E-state index contributed by atoms with van der Waals surface area (Å²) >= 11 is 1.67. The second-order valence-corrected chi connectivity index (χ2v) is 8.92. The first-order chi connectivity index (χ1) is 14.1. The summed E-state index contributed by atoms with van der Waals surface area (Å²) in [7, 11) is 0. The molecule has 0 spiro atoms. The van der Waals surface area contributed by atoms with Crippen LogP contribution in [0.15, 0.2) is 47.6 Å². The Morgan fingerprint density at radius 2 is 1.86 bits per heavy atom. The zero-order valence-electron chi connectivity index (χ0n) is 16.2. The summed E-state index contributed by atoms with van der Waals surface area (Å²) in [4.78, 5) is 38.1. The molecule has 0 bridgehead atoms. The van der Waals surface area contributed by atoms with Crippen molar-refractivity contribution in [3.05, 3.63) is 59.4 Å². The molecule has 1 aromatic heterocycles. The number of aromatic amines is 1. The topological polar surface area (TPSA) is 69.3 Å². The number of piperazine rings is 1. The monoisotopic (exact) mass is 406 g/mol. The largest absolute Gasteiger partial charge is 0.345 e. The van der Waals surface area contributed by atoms with Gasteiger partial charge >= 0.3 is 0 Å². The molecule has 1 fully saturated rings. The van der Waals surface area contributed by atoms with Gasteiger partial charge in [-0.2, -0.15) is 0 Å². The van der Waals surface area contributed by atoms with E-state index in [0.29, 0.717) is 31.7 Å². The van der Waals surface area contributed by atoms with Crippen molar-refractivity contribution in [1.29, 1.82) is 0 Å². The van der Waals surface area contributed by atoms with Crippen LogP contribution in [0.4, 0.5) is 0 Å². The quantitative estimate of drug-likeness (QED) is 0.711. The van der Waals surface area contributed by atoms with Crippen LogP contribution in [-0.4, -0.2) is 63.0 Å². The second kappa shape index (κ2) is 7.22. The number of H-pyrrole nitrogens is 1. The fourth-order valence-corrected chi connectivity index (χ4v) is 5.36. The number of benzene rings is 2. The van der Waals surface area contributed by atoms with E-state index in [1.165, 1.54) is 16.0 Å². The first-order valence-electron chi connectivity index (χ1n) is 9.86. The molecule has 0 radical (unpaired) electrons. The van der Waals surface area contributed by atoms with E-state index in [2.05, 4.69) is 35.1 Å². The molecule has 2 aliphatic heterocycles. The molecule has 1 unspecified atom stereocenters. The second-order valence-electron chi connectivity index (χ2n) is 7.67. The van der Waals surface area contributed by atoms with Crippen molar-refractivity contribution in [3.63, 3.8) is 0 Å². The van der Waals surface area contributed by atoms with Crippen LogP contribution in [0.3, 0.4) is 0 Å². The Kier molecular flexibility index (Phi) is 4.54. The Balaban J connectivity index is 1.21. The lowest BCUT2D eigenvalue weighted by Crippen LogP contribution is -2.52. The van der Waals surface area contributed by atoms with Crippen molar-refractivity contribution in [2.45, 2.75) is 23.5 Å². The normalized spacial score (nSPS) is 18.9. The molecule has 0 aliphatic carbocycles. The zero-order chi connectivity index (χ0) is 20.0. The summed E-state index contributed by atoms with van der Waals surface area (Å²) in [5.74, 6) is 0.196. The van der Waals surface area contributed by atoms with E-state index in [-0.39, 0.29) is 17.1 Å². The van der Waals surface area contributed by atoms with Gasteiger partial charge in [-0.05, 0) is 43.2 Å². The molecule has 6 nitrogen and oxygen atoms in total. The minimum atomic E-state index is -0.0446. The van der Waals surface area contributed by atoms with Crippen molar-refractivity contribution < 1.29 is 9.59 Å². The maximum atomic E-state index is 13.0. The van der Waals surface area contributed by atoms with E-state index in [9.17, 15) is 9.59 Å². The van der Waals surface area contributed by atoms with E-state index >= 15 is 0 Å². The molecular weight excluding hydrogens is 384 g/mol. The van der Waals surface area contributed by atoms with Crippen LogP contribution in [0.5, 0.6) is 0 Å². The number of carbonyl (C=O) groups is 2. The summed E-state index contributed by atoms with van der Waals surface area (Å²) in [5.41, 5.74) is 4.87. The number of imidazole rings is 1. The van der Waals surface area contributed by atoms with Gasteiger partial charge in [-0.3, -0.25) is 9.59 Å². The Hall–Kier alpha value is -2.80. The van der Waals surface area contributed by atoms with Crippen molar-refractivity contribution in [1.82, 2.24) is 19.8 Å². The molecule has 2 amide bonds. The number of nitrogens with zero attached hydrogens (tertiary/aromatic N) is 3. The summed E-state index contributed by atoms with van der Waals surface area (Å²) in [6, 6.07) is 11.9. The van der Waals surface area contributed by atoms with Crippen LogP contribution in [-0.2, 0) is 11.2 Å². The molecule has 3 aromatic rings. The number of nitrogens with one attached hydrogen (secondary N) is 1. The molecule has 7 heteroatoms. The SMILES string of the molecule is Cc1ccc2c(c1)CC(C(=O)N1CCN(C(=O)c3ccc4nc[nH]c4c3)CC1)S2. The van der Waals surface area contributed by atoms with Gasteiger partial charge in [0.2, 0.25) is 5.91 Å². The molecule has 0 saturated carbocycles. The molecule has 2 aromatic carbocycles. The van der Waals surface area contributed by atoms with Gasteiger partial charge < -0.3 is 14.8 Å². The number of rotatable bonds is 2. The van der Waals surface area contributed by atoms with Gasteiger partial charge in [0.05, 0.1) is 22.6 Å². The maximum Gasteiger partial charge on any atom is 0.254 e. The fourth-order valence-electron chi connectivity index (χ4n) is 4.10. The molecule has 29 heavy (non-hydrogen) atoms. The molecule has 148 valence electrons. The van der Waals surface area contributed by atoms with Crippen LogP contribution in [0.25, 0.3) is 11.0 Å². The zero-order valence-corrected chi connectivity index (χ0v) is 17.0. The molecule has 1 atom stereocenters. The lowest BCUT2D eigenvalue weighted by molar-refractivity contribution is -0.132. The van der Waals surface area contributed by atoms with Crippen molar-refractivity contribution in [2.75, 3.05) is 26.2 Å². The van der Waals surface area contributed by atoms with Gasteiger partial charge in [0, 0.05) is 36.6 Å². The Labute approximate surface area is 173 Å². The van der Waals surface area contributed by atoms with E-state index in [1.54, 1.807) is 18.1 Å². The summed E-state index contributed by atoms with van der Waals surface area (Å²) in [6.45, 7) is 4.39. The summed E-state index contributed by atoms with van der Waals surface area (Å²) < 4.78 is 0. The van der Waals surface area contributed by atoms with Crippen molar-refractivity contribution in [3.8, 4) is 0 Å². The van der Waals surface area contributed by atoms with Gasteiger partial charge in [-0.25, -0.2) is 4.98 Å². The highest BCUT2D eigenvalue weighted by atomic mass is 32.2. The van der Waals surface area contributed by atoms with Crippen LogP contribution >= 0.6 is 11.8 Å². The lowest BCUT2D eigenvalue weighted by atomic mass is 10.1. The van der Waals surface area contributed by atoms with E-state index in [4.69, 9.17) is 0 Å². The van der Waals surface area contributed by atoms with Gasteiger partial charge in [-0.15, -0.1) is 11.8 Å². The number of aryl methyl sites for hydroxylation is 1. The number of carbonyl (C=O) groups excluding carboxylic acids is 2. The third-order valence-electron chi connectivity index (χ3n) is 5.71. The molecule has 2 aliphatic rings. The average Bonchev–Trinajstić information content (AvgIpc) is 3.38. The smallest absolute Gasteiger partial charge is 0.254 e. The number of hydrogen-bond donors (Lipinski definition) is 1. The van der Waals surface area contributed by atoms with Crippen LogP contribution < -0.4 is 0 Å².